The lowest BCUT2D eigenvalue weighted by Gasteiger charge is -2.33. The highest BCUT2D eigenvalue weighted by Crippen LogP contribution is 2.49. The van der Waals surface area contributed by atoms with Gasteiger partial charge in [0.1, 0.15) is 5.41 Å². The average Bonchev–Trinajstić information content (AvgIpc) is 2.94. The van der Waals surface area contributed by atoms with Crippen LogP contribution in [0, 0.1) is 5.41 Å². The Kier molecular flexibility index (Phi) is 2.41. The van der Waals surface area contributed by atoms with Gasteiger partial charge in [-0.2, -0.15) is 0 Å². The number of nitrogens with zero attached hydrogens (tertiary/aromatic N) is 1. The van der Waals surface area contributed by atoms with E-state index in [0.29, 0.717) is 12.8 Å². The highest BCUT2D eigenvalue weighted by atomic mass is 16.2. The average molecular weight is 239 g/mol. The number of imide groups is 2. The topological polar surface area (TPSA) is 110 Å². The number of primary amides is 1. The number of rotatable bonds is 3. The minimum atomic E-state index is -1.07. The summed E-state index contributed by atoms with van der Waals surface area (Å²) in [4.78, 5) is 46.9. The summed E-state index contributed by atoms with van der Waals surface area (Å²) in [5, 5.41) is 2.14. The molecule has 2 rings (SSSR count). The van der Waals surface area contributed by atoms with Crippen LogP contribution >= 0.6 is 0 Å². The van der Waals surface area contributed by atoms with Crippen LogP contribution in [0.3, 0.4) is 0 Å². The fourth-order valence-corrected chi connectivity index (χ4v) is 2.05. The van der Waals surface area contributed by atoms with Crippen molar-refractivity contribution in [2.45, 2.75) is 32.2 Å². The Balaban J connectivity index is 2.21. The first-order chi connectivity index (χ1) is 7.88. The van der Waals surface area contributed by atoms with E-state index in [4.69, 9.17) is 5.73 Å². The van der Waals surface area contributed by atoms with Crippen LogP contribution in [-0.2, 0) is 14.4 Å². The SMILES string of the molecule is CC(CC(N)=O)N1C(=O)NC(=O)C2(CC2)C1=O. The van der Waals surface area contributed by atoms with Crippen molar-refractivity contribution >= 4 is 23.8 Å². The van der Waals surface area contributed by atoms with Crippen LogP contribution in [0.25, 0.3) is 0 Å². The number of hydrogen-bond donors (Lipinski definition) is 2. The first-order valence-electron chi connectivity index (χ1n) is 5.36. The number of urea groups is 1. The van der Waals surface area contributed by atoms with E-state index in [0.717, 1.165) is 4.90 Å². The van der Waals surface area contributed by atoms with Crippen molar-refractivity contribution in [1.29, 1.82) is 0 Å². The fourth-order valence-electron chi connectivity index (χ4n) is 2.05. The molecular formula is C10H13N3O4. The summed E-state index contributed by atoms with van der Waals surface area (Å²) in [6.07, 6.45) is 0.791. The lowest BCUT2D eigenvalue weighted by atomic mass is 10.00. The molecule has 1 saturated carbocycles. The number of barbiturate groups is 1. The van der Waals surface area contributed by atoms with E-state index >= 15 is 0 Å². The van der Waals surface area contributed by atoms with Gasteiger partial charge in [-0.1, -0.05) is 0 Å². The molecule has 0 bridgehead atoms. The molecule has 2 aliphatic rings. The number of hydrogen-bond acceptors (Lipinski definition) is 4. The number of nitrogens with two attached hydrogens (primary N) is 1. The predicted molar refractivity (Wildman–Crippen MR) is 55.3 cm³/mol. The highest BCUT2D eigenvalue weighted by Gasteiger charge is 2.62. The second-order valence-corrected chi connectivity index (χ2v) is 4.54. The van der Waals surface area contributed by atoms with E-state index in [1.54, 1.807) is 6.92 Å². The Morgan fingerprint density at radius 3 is 2.53 bits per heavy atom. The maximum Gasteiger partial charge on any atom is 0.331 e. The van der Waals surface area contributed by atoms with Gasteiger partial charge in [0.05, 0.1) is 0 Å². The van der Waals surface area contributed by atoms with Crippen LogP contribution in [0.15, 0.2) is 0 Å². The van der Waals surface area contributed by atoms with E-state index in [9.17, 15) is 19.2 Å². The molecule has 1 spiro atoms. The molecule has 1 atom stereocenters. The molecular weight excluding hydrogens is 226 g/mol. The number of carbonyl (C=O) groups excluding carboxylic acids is 4. The number of nitrogens with one attached hydrogen (secondary N) is 1. The molecule has 0 radical (unpaired) electrons. The smallest absolute Gasteiger partial charge is 0.331 e. The lowest BCUT2D eigenvalue weighted by Crippen LogP contribution is -2.61. The number of amides is 5. The molecule has 92 valence electrons. The maximum absolute atomic E-state index is 12.0. The normalized spacial score (nSPS) is 23.6. The van der Waals surface area contributed by atoms with Crippen LogP contribution in [0.4, 0.5) is 4.79 Å². The summed E-state index contributed by atoms with van der Waals surface area (Å²) < 4.78 is 0. The van der Waals surface area contributed by atoms with Crippen LogP contribution in [0.5, 0.6) is 0 Å². The van der Waals surface area contributed by atoms with Crippen LogP contribution in [0.1, 0.15) is 26.2 Å². The second-order valence-electron chi connectivity index (χ2n) is 4.54. The summed E-state index contributed by atoms with van der Waals surface area (Å²) in [5.74, 6) is -1.64. The van der Waals surface area contributed by atoms with Gasteiger partial charge in [0.2, 0.25) is 17.7 Å². The zero-order valence-electron chi connectivity index (χ0n) is 9.36. The van der Waals surface area contributed by atoms with Gasteiger partial charge < -0.3 is 5.73 Å². The minimum absolute atomic E-state index is 0.108. The lowest BCUT2D eigenvalue weighted by molar-refractivity contribution is -0.146. The van der Waals surface area contributed by atoms with Crippen molar-refractivity contribution in [3.8, 4) is 0 Å². The first-order valence-corrected chi connectivity index (χ1v) is 5.36. The monoisotopic (exact) mass is 239 g/mol. The van der Waals surface area contributed by atoms with Crippen molar-refractivity contribution in [3.05, 3.63) is 0 Å². The zero-order chi connectivity index (χ0) is 12.8. The summed E-state index contributed by atoms with van der Waals surface area (Å²) in [6, 6.07) is -1.41. The van der Waals surface area contributed by atoms with Gasteiger partial charge in [-0.3, -0.25) is 24.6 Å². The van der Waals surface area contributed by atoms with Crippen molar-refractivity contribution in [3.63, 3.8) is 0 Å². The maximum atomic E-state index is 12.0. The molecule has 1 heterocycles. The third-order valence-corrected chi connectivity index (χ3v) is 3.19. The molecule has 0 aromatic heterocycles. The van der Waals surface area contributed by atoms with Crippen LogP contribution in [-0.4, -0.2) is 34.7 Å². The predicted octanol–water partition coefficient (Wildman–Crippen LogP) is -0.891. The third-order valence-electron chi connectivity index (χ3n) is 3.19. The van der Waals surface area contributed by atoms with Crippen molar-refractivity contribution in [2.24, 2.45) is 11.1 Å². The van der Waals surface area contributed by atoms with Crippen molar-refractivity contribution in [2.75, 3.05) is 0 Å². The Hall–Kier alpha value is -1.92. The molecule has 1 aliphatic heterocycles. The molecule has 7 nitrogen and oxygen atoms in total. The standard InChI is InChI=1S/C10H13N3O4/c1-5(4-6(11)14)13-8(16)10(2-3-10)7(15)12-9(13)17/h5H,2-4H2,1H3,(H2,11,14)(H,12,15,17). The largest absolute Gasteiger partial charge is 0.370 e. The van der Waals surface area contributed by atoms with Crippen molar-refractivity contribution < 1.29 is 19.2 Å². The van der Waals surface area contributed by atoms with E-state index in [1.807, 2.05) is 0 Å². The van der Waals surface area contributed by atoms with Gasteiger partial charge in [-0.05, 0) is 19.8 Å². The van der Waals surface area contributed by atoms with Gasteiger partial charge in [0.25, 0.3) is 0 Å². The molecule has 17 heavy (non-hydrogen) atoms. The Morgan fingerprint density at radius 1 is 1.47 bits per heavy atom. The summed E-state index contributed by atoms with van der Waals surface area (Å²) in [6.45, 7) is 1.55. The van der Waals surface area contributed by atoms with Crippen LogP contribution < -0.4 is 11.1 Å². The van der Waals surface area contributed by atoms with Gasteiger partial charge in [0, 0.05) is 12.5 Å². The molecule has 1 unspecified atom stereocenters. The summed E-state index contributed by atoms with van der Waals surface area (Å²) in [5.41, 5.74) is 3.96. The molecule has 3 N–H and O–H groups in total. The summed E-state index contributed by atoms with van der Waals surface area (Å²) in [7, 11) is 0. The van der Waals surface area contributed by atoms with Gasteiger partial charge in [-0.15, -0.1) is 0 Å². The fraction of sp³-hybridized carbons (Fsp3) is 0.600. The van der Waals surface area contributed by atoms with Gasteiger partial charge >= 0.3 is 6.03 Å². The Labute approximate surface area is 97.3 Å². The molecule has 2 fully saturated rings. The molecule has 5 amide bonds. The summed E-state index contributed by atoms with van der Waals surface area (Å²) >= 11 is 0. The first kappa shape index (κ1) is 11.6. The Morgan fingerprint density at radius 2 is 2.06 bits per heavy atom. The van der Waals surface area contributed by atoms with Gasteiger partial charge in [0.15, 0.2) is 0 Å². The molecule has 1 aliphatic carbocycles. The molecule has 7 heteroatoms. The molecule has 0 aromatic rings. The van der Waals surface area contributed by atoms with E-state index in [-0.39, 0.29) is 6.42 Å². The van der Waals surface area contributed by atoms with E-state index < -0.39 is 35.2 Å². The van der Waals surface area contributed by atoms with E-state index in [2.05, 4.69) is 5.32 Å². The quantitative estimate of drug-likeness (QED) is 0.622. The highest BCUT2D eigenvalue weighted by molar-refractivity contribution is 6.21. The molecule has 0 aromatic carbocycles. The third kappa shape index (κ3) is 1.67. The van der Waals surface area contributed by atoms with Gasteiger partial charge in [-0.25, -0.2) is 4.79 Å². The number of carbonyl (C=O) groups is 4. The minimum Gasteiger partial charge on any atom is -0.370 e. The van der Waals surface area contributed by atoms with Crippen molar-refractivity contribution in [1.82, 2.24) is 10.2 Å². The Bertz CT molecular complexity index is 427. The molecule has 1 saturated heterocycles. The second kappa shape index (κ2) is 3.54. The zero-order valence-corrected chi connectivity index (χ0v) is 9.36. The van der Waals surface area contributed by atoms with E-state index in [1.165, 1.54) is 0 Å². The van der Waals surface area contributed by atoms with Crippen LogP contribution in [0.2, 0.25) is 0 Å².